The Labute approximate surface area is 137 Å². The Hall–Kier alpha value is -1.14. The molecule has 23 heavy (non-hydrogen) atoms. The summed E-state index contributed by atoms with van der Waals surface area (Å²) in [6, 6.07) is 0. The molecule has 6 nitrogen and oxygen atoms in total. The summed E-state index contributed by atoms with van der Waals surface area (Å²) in [5, 5.41) is 9.44. The normalized spacial score (nSPS) is 37.7. The third kappa shape index (κ3) is 2.98. The van der Waals surface area contributed by atoms with Crippen LogP contribution in [0.5, 0.6) is 0 Å². The molecular formula is C17H28N2O4. The van der Waals surface area contributed by atoms with E-state index in [0.29, 0.717) is 32.5 Å². The molecular weight excluding hydrogens is 296 g/mol. The van der Waals surface area contributed by atoms with Crippen molar-refractivity contribution in [2.45, 2.75) is 38.7 Å². The van der Waals surface area contributed by atoms with Crippen LogP contribution in [0.25, 0.3) is 0 Å². The summed E-state index contributed by atoms with van der Waals surface area (Å²) in [5.74, 6) is 0.175. The van der Waals surface area contributed by atoms with Crippen molar-refractivity contribution in [1.82, 2.24) is 9.80 Å². The predicted molar refractivity (Wildman–Crippen MR) is 84.6 cm³/mol. The zero-order valence-electron chi connectivity index (χ0n) is 14.2. The van der Waals surface area contributed by atoms with Gasteiger partial charge in [-0.25, -0.2) is 0 Å². The van der Waals surface area contributed by atoms with E-state index in [1.54, 1.807) is 0 Å². The predicted octanol–water partition coefficient (Wildman–Crippen LogP) is 0.491. The van der Waals surface area contributed by atoms with Crippen molar-refractivity contribution in [2.75, 3.05) is 39.8 Å². The van der Waals surface area contributed by atoms with E-state index in [0.717, 1.165) is 25.9 Å². The Morgan fingerprint density at radius 3 is 2.70 bits per heavy atom. The fraction of sp³-hybridized carbons (Fsp3) is 0.882. The molecule has 2 aliphatic heterocycles. The molecule has 1 aliphatic carbocycles. The molecule has 0 radical (unpaired) electrons. The minimum Gasteiger partial charge on any atom is -0.466 e. The van der Waals surface area contributed by atoms with E-state index in [4.69, 9.17) is 4.74 Å². The lowest BCUT2D eigenvalue weighted by Crippen LogP contribution is -2.47. The van der Waals surface area contributed by atoms with Crippen molar-refractivity contribution >= 4 is 11.9 Å². The summed E-state index contributed by atoms with van der Waals surface area (Å²) in [4.78, 5) is 29.4. The Balaban J connectivity index is 1.74. The molecule has 0 aromatic heterocycles. The maximum absolute atomic E-state index is 12.6. The van der Waals surface area contributed by atoms with E-state index in [1.165, 1.54) is 0 Å². The second-order valence-corrected chi connectivity index (χ2v) is 7.48. The highest BCUT2D eigenvalue weighted by Gasteiger charge is 2.54. The van der Waals surface area contributed by atoms with E-state index in [2.05, 4.69) is 4.90 Å². The van der Waals surface area contributed by atoms with Gasteiger partial charge in [-0.05, 0) is 39.7 Å². The standard InChI is InChI=1S/C17H28N2O4/c1-3-23-16(22)17-5-4-6-19(10-13(17)9-18(2)11-17)15(21)12-7-14(20)8-12/h12-14,20H,3-11H2,1-2H3/t12?,13-,14?,17+/m1/s1. The van der Waals surface area contributed by atoms with Crippen molar-refractivity contribution < 1.29 is 19.4 Å². The van der Waals surface area contributed by atoms with Crippen LogP contribution in [0.15, 0.2) is 0 Å². The van der Waals surface area contributed by atoms with Crippen LogP contribution in [-0.2, 0) is 14.3 Å². The van der Waals surface area contributed by atoms with Crippen LogP contribution in [0.2, 0.25) is 0 Å². The SMILES string of the molecule is CCOC(=O)[C@]12CCCN(C(=O)C3CC(O)C3)C[C@H]1CN(C)C2. The van der Waals surface area contributed by atoms with E-state index in [9.17, 15) is 14.7 Å². The average Bonchev–Trinajstić information content (AvgIpc) is 2.68. The molecule has 1 saturated carbocycles. The average molecular weight is 324 g/mol. The number of carbonyl (C=O) groups is 2. The van der Waals surface area contributed by atoms with Gasteiger partial charge in [-0.1, -0.05) is 0 Å². The van der Waals surface area contributed by atoms with Gasteiger partial charge in [-0.2, -0.15) is 0 Å². The van der Waals surface area contributed by atoms with Gasteiger partial charge in [0.2, 0.25) is 5.91 Å². The molecule has 0 spiro atoms. The van der Waals surface area contributed by atoms with E-state index < -0.39 is 5.41 Å². The van der Waals surface area contributed by atoms with Crippen molar-refractivity contribution in [3.05, 3.63) is 0 Å². The first kappa shape index (κ1) is 16.7. The third-order valence-corrected chi connectivity index (χ3v) is 5.81. The zero-order valence-corrected chi connectivity index (χ0v) is 14.2. The van der Waals surface area contributed by atoms with Crippen LogP contribution in [0, 0.1) is 17.3 Å². The summed E-state index contributed by atoms with van der Waals surface area (Å²) in [7, 11) is 2.03. The lowest BCUT2D eigenvalue weighted by atomic mass is 9.75. The highest BCUT2D eigenvalue weighted by molar-refractivity contribution is 5.81. The number of likely N-dealkylation sites (tertiary alicyclic amines) is 2. The number of fused-ring (bicyclic) bond motifs is 1. The van der Waals surface area contributed by atoms with Crippen molar-refractivity contribution in [1.29, 1.82) is 0 Å². The topological polar surface area (TPSA) is 70.1 Å². The monoisotopic (exact) mass is 324 g/mol. The summed E-state index contributed by atoms with van der Waals surface area (Å²) in [6.07, 6.45) is 2.49. The van der Waals surface area contributed by atoms with Crippen molar-refractivity contribution in [3.8, 4) is 0 Å². The van der Waals surface area contributed by atoms with Gasteiger partial charge in [0.25, 0.3) is 0 Å². The molecule has 3 aliphatic rings. The molecule has 3 fully saturated rings. The van der Waals surface area contributed by atoms with Gasteiger partial charge < -0.3 is 19.6 Å². The van der Waals surface area contributed by atoms with E-state index in [1.807, 2.05) is 18.9 Å². The van der Waals surface area contributed by atoms with Crippen LogP contribution in [0.1, 0.15) is 32.6 Å². The number of rotatable bonds is 3. The number of aliphatic hydroxyl groups excluding tert-OH is 1. The fourth-order valence-corrected chi connectivity index (χ4v) is 4.54. The molecule has 0 aromatic carbocycles. The molecule has 0 unspecified atom stereocenters. The van der Waals surface area contributed by atoms with Crippen LogP contribution in [0.4, 0.5) is 0 Å². The summed E-state index contributed by atoms with van der Waals surface area (Å²) in [5.41, 5.74) is -0.459. The van der Waals surface area contributed by atoms with E-state index >= 15 is 0 Å². The number of ether oxygens (including phenoxy) is 1. The van der Waals surface area contributed by atoms with Gasteiger partial charge in [-0.15, -0.1) is 0 Å². The second-order valence-electron chi connectivity index (χ2n) is 7.48. The van der Waals surface area contributed by atoms with Gasteiger partial charge >= 0.3 is 5.97 Å². The molecule has 6 heteroatoms. The second kappa shape index (κ2) is 6.40. The lowest BCUT2D eigenvalue weighted by molar-refractivity contribution is -0.158. The van der Waals surface area contributed by atoms with Crippen LogP contribution in [-0.4, -0.2) is 72.7 Å². The minimum absolute atomic E-state index is 0.0285. The van der Waals surface area contributed by atoms with Crippen LogP contribution in [0.3, 0.4) is 0 Å². The van der Waals surface area contributed by atoms with Gasteiger partial charge in [-0.3, -0.25) is 9.59 Å². The fourth-order valence-electron chi connectivity index (χ4n) is 4.54. The first-order valence-electron chi connectivity index (χ1n) is 8.79. The van der Waals surface area contributed by atoms with Crippen molar-refractivity contribution in [2.24, 2.45) is 17.3 Å². The molecule has 130 valence electrons. The molecule has 3 rings (SSSR count). The molecule has 1 amide bonds. The van der Waals surface area contributed by atoms with Crippen LogP contribution >= 0.6 is 0 Å². The highest BCUT2D eigenvalue weighted by Crippen LogP contribution is 2.43. The van der Waals surface area contributed by atoms with Gasteiger partial charge in [0.1, 0.15) is 0 Å². The molecule has 0 aromatic rings. The van der Waals surface area contributed by atoms with Gasteiger partial charge in [0, 0.05) is 38.0 Å². The molecule has 2 heterocycles. The first-order chi connectivity index (χ1) is 11.0. The highest BCUT2D eigenvalue weighted by atomic mass is 16.5. The smallest absolute Gasteiger partial charge is 0.313 e. The number of hydrogen-bond acceptors (Lipinski definition) is 5. The van der Waals surface area contributed by atoms with Gasteiger partial charge in [0.15, 0.2) is 0 Å². The third-order valence-electron chi connectivity index (χ3n) is 5.81. The van der Waals surface area contributed by atoms with E-state index in [-0.39, 0.29) is 29.8 Å². The Morgan fingerprint density at radius 2 is 2.04 bits per heavy atom. The minimum atomic E-state index is -0.459. The maximum Gasteiger partial charge on any atom is 0.313 e. The van der Waals surface area contributed by atoms with Crippen LogP contribution < -0.4 is 0 Å². The Morgan fingerprint density at radius 1 is 1.30 bits per heavy atom. The number of nitrogens with zero attached hydrogens (tertiary/aromatic N) is 2. The Kier molecular flexibility index (Phi) is 4.65. The maximum atomic E-state index is 12.6. The van der Waals surface area contributed by atoms with Crippen molar-refractivity contribution in [3.63, 3.8) is 0 Å². The molecule has 2 atom stereocenters. The zero-order chi connectivity index (χ0) is 16.6. The number of amides is 1. The first-order valence-corrected chi connectivity index (χ1v) is 8.79. The number of aliphatic hydroxyl groups is 1. The number of carbonyl (C=O) groups excluding carboxylic acids is 2. The molecule has 2 saturated heterocycles. The summed E-state index contributed by atoms with van der Waals surface area (Å²) >= 11 is 0. The molecule has 1 N–H and O–H groups in total. The number of hydrogen-bond donors (Lipinski definition) is 1. The quantitative estimate of drug-likeness (QED) is 0.765. The Bertz CT molecular complexity index is 477. The summed E-state index contributed by atoms with van der Waals surface area (Å²) < 4.78 is 5.38. The van der Waals surface area contributed by atoms with Gasteiger partial charge in [0.05, 0.1) is 18.1 Å². The number of esters is 1. The summed E-state index contributed by atoms with van der Waals surface area (Å²) in [6.45, 7) is 5.15. The lowest BCUT2D eigenvalue weighted by Gasteiger charge is -2.36. The molecule has 0 bridgehead atoms. The largest absolute Gasteiger partial charge is 0.466 e.